The minimum Gasteiger partial charge on any atom is -0.508 e. The third-order valence-electron chi connectivity index (χ3n) is 5.57. The lowest BCUT2D eigenvalue weighted by Gasteiger charge is -2.40. The summed E-state index contributed by atoms with van der Waals surface area (Å²) in [6.45, 7) is 7.90. The van der Waals surface area contributed by atoms with Gasteiger partial charge in [0, 0.05) is 12.1 Å². The molecule has 1 aromatic carbocycles. The van der Waals surface area contributed by atoms with E-state index in [1.54, 1.807) is 0 Å². The van der Waals surface area contributed by atoms with E-state index in [4.69, 9.17) is 0 Å². The quantitative estimate of drug-likeness (QED) is 0.872. The zero-order chi connectivity index (χ0) is 15.1. The topological polar surface area (TPSA) is 32.3 Å². The van der Waals surface area contributed by atoms with Gasteiger partial charge >= 0.3 is 0 Å². The molecule has 2 N–H and O–H groups in total. The minimum atomic E-state index is 0.184. The van der Waals surface area contributed by atoms with Gasteiger partial charge in [0.15, 0.2) is 0 Å². The Morgan fingerprint density at radius 3 is 2.43 bits per heavy atom. The van der Waals surface area contributed by atoms with E-state index in [0.29, 0.717) is 11.2 Å². The molecule has 0 amide bonds. The van der Waals surface area contributed by atoms with Crippen molar-refractivity contribution in [3.8, 4) is 5.75 Å². The predicted molar refractivity (Wildman–Crippen MR) is 87.4 cm³/mol. The second-order valence-electron chi connectivity index (χ2n) is 8.39. The molecule has 0 spiro atoms. The summed E-state index contributed by atoms with van der Waals surface area (Å²) in [4.78, 5) is 0. The highest BCUT2D eigenvalue weighted by Gasteiger charge is 2.50. The fourth-order valence-electron chi connectivity index (χ4n) is 4.52. The Morgan fingerprint density at radius 1 is 1.19 bits per heavy atom. The van der Waals surface area contributed by atoms with Crippen LogP contribution in [0.5, 0.6) is 5.75 Å². The molecule has 3 unspecified atom stereocenters. The monoisotopic (exact) mass is 287 g/mol. The van der Waals surface area contributed by atoms with Crippen LogP contribution in [0.1, 0.15) is 52.0 Å². The molecule has 2 nitrogen and oxygen atoms in total. The van der Waals surface area contributed by atoms with Crippen molar-refractivity contribution in [1.82, 2.24) is 5.32 Å². The standard InChI is InChI=1S/C19H29NO/c1-18(2,3)20-13-19(12-15-4-7-16(19)10-15)11-14-5-8-17(21)9-6-14/h5-6,8-9,15-16,20-21H,4,7,10-13H2,1-3H3. The van der Waals surface area contributed by atoms with E-state index in [2.05, 4.69) is 38.2 Å². The summed E-state index contributed by atoms with van der Waals surface area (Å²) in [7, 11) is 0. The highest BCUT2D eigenvalue weighted by atomic mass is 16.3. The maximum atomic E-state index is 9.48. The molecule has 1 aromatic rings. The summed E-state index contributed by atoms with van der Waals surface area (Å²) < 4.78 is 0. The van der Waals surface area contributed by atoms with Crippen LogP contribution in [-0.4, -0.2) is 17.2 Å². The number of hydrogen-bond acceptors (Lipinski definition) is 2. The number of aromatic hydroxyl groups is 1. The van der Waals surface area contributed by atoms with Gasteiger partial charge in [0.05, 0.1) is 0 Å². The molecular formula is C19H29NO. The molecule has 116 valence electrons. The molecular weight excluding hydrogens is 258 g/mol. The summed E-state index contributed by atoms with van der Waals surface area (Å²) in [5.74, 6) is 2.20. The second-order valence-corrected chi connectivity index (χ2v) is 8.39. The lowest BCUT2D eigenvalue weighted by molar-refractivity contribution is 0.143. The number of fused-ring (bicyclic) bond motifs is 2. The molecule has 2 heteroatoms. The molecule has 0 aromatic heterocycles. The average Bonchev–Trinajstić information content (AvgIpc) is 2.99. The fraction of sp³-hybridized carbons (Fsp3) is 0.684. The molecule has 0 saturated heterocycles. The number of nitrogens with one attached hydrogen (secondary N) is 1. The van der Waals surface area contributed by atoms with E-state index < -0.39 is 0 Å². The van der Waals surface area contributed by atoms with Crippen LogP contribution in [0.15, 0.2) is 24.3 Å². The van der Waals surface area contributed by atoms with Crippen molar-refractivity contribution in [2.75, 3.05) is 6.54 Å². The molecule has 0 aliphatic heterocycles. The minimum absolute atomic E-state index is 0.184. The van der Waals surface area contributed by atoms with Crippen molar-refractivity contribution in [2.45, 2.75) is 58.4 Å². The van der Waals surface area contributed by atoms with Gasteiger partial charge < -0.3 is 10.4 Å². The van der Waals surface area contributed by atoms with E-state index in [0.717, 1.165) is 24.8 Å². The molecule has 2 saturated carbocycles. The van der Waals surface area contributed by atoms with Gasteiger partial charge in [-0.3, -0.25) is 0 Å². The summed E-state index contributed by atoms with van der Waals surface area (Å²) in [5.41, 5.74) is 1.98. The smallest absolute Gasteiger partial charge is 0.115 e. The summed E-state index contributed by atoms with van der Waals surface area (Å²) in [5, 5.41) is 13.3. The van der Waals surface area contributed by atoms with Gasteiger partial charge in [0.2, 0.25) is 0 Å². The third-order valence-corrected chi connectivity index (χ3v) is 5.57. The van der Waals surface area contributed by atoms with E-state index in [1.165, 1.54) is 31.2 Å². The molecule has 2 fully saturated rings. The third kappa shape index (κ3) is 3.26. The van der Waals surface area contributed by atoms with Crippen molar-refractivity contribution in [3.63, 3.8) is 0 Å². The molecule has 2 aliphatic rings. The fourth-order valence-corrected chi connectivity index (χ4v) is 4.52. The van der Waals surface area contributed by atoms with Crippen molar-refractivity contribution >= 4 is 0 Å². The number of benzene rings is 1. The average molecular weight is 287 g/mol. The van der Waals surface area contributed by atoms with Crippen LogP contribution in [0, 0.1) is 17.3 Å². The highest BCUT2D eigenvalue weighted by molar-refractivity contribution is 5.27. The lowest BCUT2D eigenvalue weighted by Crippen LogP contribution is -2.47. The first-order valence-corrected chi connectivity index (χ1v) is 8.39. The summed E-state index contributed by atoms with van der Waals surface area (Å²) >= 11 is 0. The van der Waals surface area contributed by atoms with Gasteiger partial charge in [-0.25, -0.2) is 0 Å². The number of rotatable bonds is 4. The zero-order valence-electron chi connectivity index (χ0n) is 13.7. The Bertz CT molecular complexity index is 487. The Hall–Kier alpha value is -1.02. The summed E-state index contributed by atoms with van der Waals surface area (Å²) in [6.07, 6.45) is 6.81. The first-order valence-electron chi connectivity index (χ1n) is 8.39. The van der Waals surface area contributed by atoms with Gasteiger partial charge in [-0.05, 0) is 81.4 Å². The van der Waals surface area contributed by atoms with Crippen LogP contribution >= 0.6 is 0 Å². The number of hydrogen-bond donors (Lipinski definition) is 2. The Balaban J connectivity index is 1.78. The lowest BCUT2D eigenvalue weighted by atomic mass is 9.69. The van der Waals surface area contributed by atoms with Gasteiger partial charge in [-0.2, -0.15) is 0 Å². The second kappa shape index (κ2) is 5.31. The van der Waals surface area contributed by atoms with E-state index in [9.17, 15) is 5.11 Å². The first-order chi connectivity index (χ1) is 9.86. The van der Waals surface area contributed by atoms with E-state index in [1.807, 2.05) is 12.1 Å². The van der Waals surface area contributed by atoms with Crippen LogP contribution < -0.4 is 5.32 Å². The van der Waals surface area contributed by atoms with Gasteiger partial charge in [-0.15, -0.1) is 0 Å². The van der Waals surface area contributed by atoms with Crippen molar-refractivity contribution in [1.29, 1.82) is 0 Å². The molecule has 3 atom stereocenters. The van der Waals surface area contributed by atoms with Crippen LogP contribution in [0.4, 0.5) is 0 Å². The van der Waals surface area contributed by atoms with Crippen LogP contribution in [0.2, 0.25) is 0 Å². The number of phenols is 1. The first kappa shape index (κ1) is 14.9. The normalized spacial score (nSPS) is 31.8. The molecule has 0 heterocycles. The predicted octanol–water partition coefficient (Wildman–Crippen LogP) is 4.13. The zero-order valence-corrected chi connectivity index (χ0v) is 13.7. The Morgan fingerprint density at radius 2 is 1.90 bits per heavy atom. The van der Waals surface area contributed by atoms with Gasteiger partial charge in [0.1, 0.15) is 5.75 Å². The van der Waals surface area contributed by atoms with Crippen molar-refractivity contribution in [2.24, 2.45) is 17.3 Å². The van der Waals surface area contributed by atoms with Gasteiger partial charge in [0.25, 0.3) is 0 Å². The largest absolute Gasteiger partial charge is 0.508 e. The molecule has 3 rings (SSSR count). The maximum absolute atomic E-state index is 9.48. The van der Waals surface area contributed by atoms with E-state index in [-0.39, 0.29) is 5.54 Å². The summed E-state index contributed by atoms with van der Waals surface area (Å²) in [6, 6.07) is 7.85. The maximum Gasteiger partial charge on any atom is 0.115 e. The number of phenolic OH excluding ortho intramolecular Hbond substituents is 1. The van der Waals surface area contributed by atoms with Crippen molar-refractivity contribution in [3.05, 3.63) is 29.8 Å². The van der Waals surface area contributed by atoms with E-state index >= 15 is 0 Å². The Labute approximate surface area is 129 Å². The molecule has 2 bridgehead atoms. The Kier molecular flexibility index (Phi) is 3.77. The molecule has 21 heavy (non-hydrogen) atoms. The SMILES string of the molecule is CC(C)(C)NCC1(Cc2ccc(O)cc2)CC2CCC1C2. The highest BCUT2D eigenvalue weighted by Crippen LogP contribution is 2.57. The van der Waals surface area contributed by atoms with Crippen molar-refractivity contribution < 1.29 is 5.11 Å². The van der Waals surface area contributed by atoms with Crippen LogP contribution in [0.3, 0.4) is 0 Å². The molecule has 0 radical (unpaired) electrons. The van der Waals surface area contributed by atoms with Crippen LogP contribution in [0.25, 0.3) is 0 Å². The van der Waals surface area contributed by atoms with Gasteiger partial charge in [-0.1, -0.05) is 18.6 Å². The van der Waals surface area contributed by atoms with Crippen LogP contribution in [-0.2, 0) is 6.42 Å². The molecule has 2 aliphatic carbocycles.